The predicted octanol–water partition coefficient (Wildman–Crippen LogP) is -0.344. The van der Waals surface area contributed by atoms with Crippen LogP contribution < -0.4 is 0 Å². The van der Waals surface area contributed by atoms with Gasteiger partial charge in [0.05, 0.1) is 39.6 Å². The van der Waals surface area contributed by atoms with E-state index in [0.29, 0.717) is 33.0 Å². The van der Waals surface area contributed by atoms with E-state index in [1.54, 1.807) is 7.11 Å². The van der Waals surface area contributed by atoms with E-state index < -0.39 is 0 Å². The Hall–Kier alpha value is 0.346. The Morgan fingerprint density at radius 2 is 1.42 bits per heavy atom. The first-order chi connectivity index (χ1) is 5.41. The molecule has 0 heterocycles. The molecule has 1 N–H and O–H groups in total. The van der Waals surface area contributed by atoms with Crippen molar-refractivity contribution in [3.8, 4) is 0 Å². The minimum Gasteiger partial charge on any atom is -0.394 e. The summed E-state index contributed by atoms with van der Waals surface area (Å²) in [5, 5.41) is 8.32. The van der Waals surface area contributed by atoms with Crippen LogP contribution in [-0.4, -0.2) is 51.9 Å². The SMILES string of the molecule is COCCOCCOCCO.[Co]. The fourth-order valence-corrected chi connectivity index (χ4v) is 0.529. The summed E-state index contributed by atoms with van der Waals surface area (Å²) in [6.45, 7) is 2.75. The van der Waals surface area contributed by atoms with Crippen molar-refractivity contribution in [2.75, 3.05) is 46.8 Å². The Morgan fingerprint density at radius 3 is 1.92 bits per heavy atom. The van der Waals surface area contributed by atoms with Crippen LogP contribution in [-0.2, 0) is 31.0 Å². The average Bonchev–Trinajstić information content (AvgIpc) is 2.03. The van der Waals surface area contributed by atoms with Crippen molar-refractivity contribution >= 4 is 0 Å². The van der Waals surface area contributed by atoms with Crippen LogP contribution in [0.5, 0.6) is 0 Å². The summed E-state index contributed by atoms with van der Waals surface area (Å²) in [6, 6.07) is 0. The van der Waals surface area contributed by atoms with E-state index in [0.717, 1.165) is 0 Å². The Labute approximate surface area is 83.4 Å². The summed E-state index contributed by atoms with van der Waals surface area (Å²) in [6.07, 6.45) is 0. The fourth-order valence-electron chi connectivity index (χ4n) is 0.529. The maximum atomic E-state index is 8.32. The van der Waals surface area contributed by atoms with E-state index >= 15 is 0 Å². The summed E-state index contributed by atoms with van der Waals surface area (Å²) in [5.41, 5.74) is 0. The summed E-state index contributed by atoms with van der Waals surface area (Å²) < 4.78 is 14.8. The molecule has 12 heavy (non-hydrogen) atoms. The van der Waals surface area contributed by atoms with Gasteiger partial charge in [-0.25, -0.2) is 0 Å². The quantitative estimate of drug-likeness (QED) is 0.572. The van der Waals surface area contributed by atoms with Crippen molar-refractivity contribution in [3.05, 3.63) is 0 Å². The molecule has 0 aromatic heterocycles. The first-order valence-corrected chi connectivity index (χ1v) is 3.67. The molecule has 5 heteroatoms. The van der Waals surface area contributed by atoms with Crippen molar-refractivity contribution in [3.63, 3.8) is 0 Å². The van der Waals surface area contributed by atoms with Gasteiger partial charge in [-0.2, -0.15) is 0 Å². The van der Waals surface area contributed by atoms with Crippen LogP contribution in [0.3, 0.4) is 0 Å². The van der Waals surface area contributed by atoms with Crippen LogP contribution >= 0.6 is 0 Å². The van der Waals surface area contributed by atoms with Crippen molar-refractivity contribution in [2.24, 2.45) is 0 Å². The number of ether oxygens (including phenoxy) is 3. The van der Waals surface area contributed by atoms with Crippen molar-refractivity contribution in [1.29, 1.82) is 0 Å². The van der Waals surface area contributed by atoms with Crippen LogP contribution in [0.25, 0.3) is 0 Å². The molecule has 0 aliphatic rings. The molecule has 77 valence electrons. The van der Waals surface area contributed by atoms with Gasteiger partial charge in [0.25, 0.3) is 0 Å². The molecule has 0 amide bonds. The van der Waals surface area contributed by atoms with Crippen LogP contribution in [0.2, 0.25) is 0 Å². The molecule has 0 aromatic carbocycles. The number of hydrogen-bond donors (Lipinski definition) is 1. The molecule has 0 unspecified atom stereocenters. The molecule has 0 spiro atoms. The smallest absolute Gasteiger partial charge is 0.0701 e. The van der Waals surface area contributed by atoms with E-state index in [1.807, 2.05) is 0 Å². The van der Waals surface area contributed by atoms with E-state index in [4.69, 9.17) is 19.3 Å². The molecular formula is C7H16CoO4. The van der Waals surface area contributed by atoms with Crippen LogP contribution in [0, 0.1) is 0 Å². The summed E-state index contributed by atoms with van der Waals surface area (Å²) in [4.78, 5) is 0. The number of aliphatic hydroxyl groups is 1. The van der Waals surface area contributed by atoms with E-state index in [2.05, 4.69) is 0 Å². The van der Waals surface area contributed by atoms with Gasteiger partial charge < -0.3 is 19.3 Å². The van der Waals surface area contributed by atoms with Crippen molar-refractivity contribution < 1.29 is 36.1 Å². The maximum absolute atomic E-state index is 8.32. The van der Waals surface area contributed by atoms with Gasteiger partial charge in [-0.05, 0) is 0 Å². The zero-order valence-electron chi connectivity index (χ0n) is 7.25. The topological polar surface area (TPSA) is 47.9 Å². The minimum absolute atomic E-state index is 0. The van der Waals surface area contributed by atoms with Gasteiger partial charge in [0, 0.05) is 23.9 Å². The van der Waals surface area contributed by atoms with E-state index in [1.165, 1.54) is 0 Å². The molecule has 0 aliphatic carbocycles. The Bertz CT molecular complexity index is 64.4. The second kappa shape index (κ2) is 13.9. The second-order valence-corrected chi connectivity index (χ2v) is 1.94. The number of hydrogen-bond acceptors (Lipinski definition) is 4. The molecule has 0 saturated carbocycles. The van der Waals surface area contributed by atoms with Gasteiger partial charge in [0.2, 0.25) is 0 Å². The molecule has 0 aliphatic heterocycles. The summed E-state index contributed by atoms with van der Waals surface area (Å²) in [5.74, 6) is 0. The Balaban J connectivity index is 0. The van der Waals surface area contributed by atoms with Gasteiger partial charge in [-0.15, -0.1) is 0 Å². The first kappa shape index (κ1) is 14.8. The van der Waals surface area contributed by atoms with Gasteiger partial charge in [-0.3, -0.25) is 0 Å². The molecule has 0 fully saturated rings. The summed E-state index contributed by atoms with van der Waals surface area (Å²) in [7, 11) is 1.63. The largest absolute Gasteiger partial charge is 0.394 e. The molecule has 0 rings (SSSR count). The van der Waals surface area contributed by atoms with Gasteiger partial charge in [-0.1, -0.05) is 0 Å². The Kier molecular flexibility index (Phi) is 17.2. The van der Waals surface area contributed by atoms with Crippen LogP contribution in [0.1, 0.15) is 0 Å². The van der Waals surface area contributed by atoms with Crippen LogP contribution in [0.15, 0.2) is 0 Å². The zero-order valence-corrected chi connectivity index (χ0v) is 8.29. The third-order valence-corrected chi connectivity index (χ3v) is 1.04. The van der Waals surface area contributed by atoms with E-state index in [9.17, 15) is 0 Å². The fraction of sp³-hybridized carbons (Fsp3) is 1.00. The van der Waals surface area contributed by atoms with Gasteiger partial charge in [0.1, 0.15) is 0 Å². The van der Waals surface area contributed by atoms with Gasteiger partial charge >= 0.3 is 0 Å². The monoisotopic (exact) mass is 223 g/mol. The molecule has 1 radical (unpaired) electrons. The number of rotatable bonds is 8. The number of aliphatic hydroxyl groups excluding tert-OH is 1. The molecular weight excluding hydrogens is 207 g/mol. The molecule has 0 atom stereocenters. The molecule has 0 saturated heterocycles. The van der Waals surface area contributed by atoms with Crippen molar-refractivity contribution in [2.45, 2.75) is 0 Å². The molecule has 4 nitrogen and oxygen atoms in total. The van der Waals surface area contributed by atoms with Crippen molar-refractivity contribution in [1.82, 2.24) is 0 Å². The standard InChI is InChI=1S/C7H16O4.Co/c1-9-4-5-11-7-6-10-3-2-8;/h8H,2-7H2,1H3;. The third-order valence-electron chi connectivity index (χ3n) is 1.04. The molecule has 0 bridgehead atoms. The summed E-state index contributed by atoms with van der Waals surface area (Å²) >= 11 is 0. The molecule has 0 aromatic rings. The maximum Gasteiger partial charge on any atom is 0.0701 e. The predicted molar refractivity (Wildman–Crippen MR) is 40.6 cm³/mol. The van der Waals surface area contributed by atoms with Crippen LogP contribution in [0.4, 0.5) is 0 Å². The zero-order chi connectivity index (χ0) is 8.36. The third kappa shape index (κ3) is 13.0. The number of methoxy groups -OCH3 is 1. The minimum atomic E-state index is 0. The first-order valence-electron chi connectivity index (χ1n) is 3.67. The second-order valence-electron chi connectivity index (χ2n) is 1.94. The van der Waals surface area contributed by atoms with E-state index in [-0.39, 0.29) is 23.4 Å². The normalized spacial score (nSPS) is 9.50. The van der Waals surface area contributed by atoms with Gasteiger partial charge in [0.15, 0.2) is 0 Å². The Morgan fingerprint density at radius 1 is 0.917 bits per heavy atom. The average molecular weight is 223 g/mol.